The monoisotopic (exact) mass is 384 g/mol. The first kappa shape index (κ1) is 19.8. The standard InChI is InChI=1S/C24H36N2O2/c1-16-10-11-19(14-17(2)27)26(16)22(28)25-13-12-24(5)20-9-7-6-8-18(20)15-21(25)23(24,3)4/h6-9,16-17,19,21,27H,10-15H2,1-5H3/t16-,17+,19-,21-,24+/m1/s1. The van der Waals surface area contributed by atoms with Crippen LogP contribution >= 0.6 is 0 Å². The number of hydrogen-bond donors (Lipinski definition) is 1. The van der Waals surface area contributed by atoms with Crippen LogP contribution in [0, 0.1) is 5.41 Å². The Balaban J connectivity index is 1.67. The van der Waals surface area contributed by atoms with Gasteiger partial charge in [-0.05, 0) is 62.5 Å². The Morgan fingerprint density at radius 1 is 1.25 bits per heavy atom. The van der Waals surface area contributed by atoms with Crippen molar-refractivity contribution in [1.82, 2.24) is 9.80 Å². The molecule has 1 N–H and O–H groups in total. The molecule has 1 aliphatic carbocycles. The normalized spacial score (nSPS) is 34.9. The van der Waals surface area contributed by atoms with Gasteiger partial charge in [0.05, 0.1) is 6.10 Å². The summed E-state index contributed by atoms with van der Waals surface area (Å²) in [6, 6.07) is 9.65. The van der Waals surface area contributed by atoms with Crippen LogP contribution < -0.4 is 0 Å². The van der Waals surface area contributed by atoms with Crippen molar-refractivity contribution in [3.63, 3.8) is 0 Å². The number of fused-ring (bicyclic) bond motifs is 4. The summed E-state index contributed by atoms with van der Waals surface area (Å²) in [6.45, 7) is 11.9. The largest absolute Gasteiger partial charge is 0.393 e. The number of amides is 2. The molecule has 2 aliphatic heterocycles. The van der Waals surface area contributed by atoms with Crippen LogP contribution in [0.25, 0.3) is 0 Å². The summed E-state index contributed by atoms with van der Waals surface area (Å²) in [5.74, 6) is 0. The Morgan fingerprint density at radius 3 is 2.68 bits per heavy atom. The number of nitrogens with zero attached hydrogens (tertiary/aromatic N) is 2. The van der Waals surface area contributed by atoms with Gasteiger partial charge in [0.1, 0.15) is 0 Å². The van der Waals surface area contributed by atoms with Crippen LogP contribution in [-0.4, -0.2) is 51.7 Å². The van der Waals surface area contributed by atoms with Crippen molar-refractivity contribution in [1.29, 1.82) is 0 Å². The maximum absolute atomic E-state index is 13.8. The van der Waals surface area contributed by atoms with E-state index in [2.05, 4.69) is 61.8 Å². The third-order valence-corrected chi connectivity index (χ3v) is 8.37. The van der Waals surface area contributed by atoms with Crippen LogP contribution in [-0.2, 0) is 11.8 Å². The Labute approximate surface area is 169 Å². The van der Waals surface area contributed by atoms with Crippen molar-refractivity contribution in [2.75, 3.05) is 6.54 Å². The van der Waals surface area contributed by atoms with Gasteiger partial charge < -0.3 is 14.9 Å². The molecule has 3 aliphatic rings. The average molecular weight is 385 g/mol. The predicted molar refractivity (Wildman–Crippen MR) is 112 cm³/mol. The van der Waals surface area contributed by atoms with Crippen LogP contribution in [0.5, 0.6) is 0 Å². The van der Waals surface area contributed by atoms with Crippen molar-refractivity contribution in [3.8, 4) is 0 Å². The van der Waals surface area contributed by atoms with E-state index >= 15 is 0 Å². The second-order valence-electron chi connectivity index (χ2n) is 10.2. The Bertz CT molecular complexity index is 759. The molecule has 1 aromatic carbocycles. The molecule has 5 atom stereocenters. The number of urea groups is 1. The lowest BCUT2D eigenvalue weighted by atomic mass is 9.51. The summed E-state index contributed by atoms with van der Waals surface area (Å²) in [7, 11) is 0. The van der Waals surface area contributed by atoms with E-state index in [-0.39, 0.29) is 41.1 Å². The fourth-order valence-corrected chi connectivity index (χ4v) is 6.29. The maximum Gasteiger partial charge on any atom is 0.320 e. The highest BCUT2D eigenvalue weighted by Crippen LogP contribution is 2.56. The summed E-state index contributed by atoms with van der Waals surface area (Å²) in [5, 5.41) is 9.93. The maximum atomic E-state index is 13.8. The smallest absolute Gasteiger partial charge is 0.320 e. The van der Waals surface area contributed by atoms with Gasteiger partial charge in [0.2, 0.25) is 0 Å². The third-order valence-electron chi connectivity index (χ3n) is 8.37. The lowest BCUT2D eigenvalue weighted by Gasteiger charge is -2.61. The molecular formula is C24H36N2O2. The lowest BCUT2D eigenvalue weighted by Crippen LogP contribution is -2.67. The molecule has 0 aromatic heterocycles. The fourth-order valence-electron chi connectivity index (χ4n) is 6.29. The molecule has 4 nitrogen and oxygen atoms in total. The van der Waals surface area contributed by atoms with Crippen LogP contribution in [0.1, 0.15) is 71.4 Å². The molecule has 0 saturated carbocycles. The zero-order valence-electron chi connectivity index (χ0n) is 18.1. The van der Waals surface area contributed by atoms with E-state index in [9.17, 15) is 9.90 Å². The van der Waals surface area contributed by atoms with E-state index in [1.165, 1.54) is 11.1 Å². The fraction of sp³-hybridized carbons (Fsp3) is 0.708. The first-order chi connectivity index (χ1) is 13.2. The van der Waals surface area contributed by atoms with E-state index in [1.807, 2.05) is 6.92 Å². The highest BCUT2D eigenvalue weighted by Gasteiger charge is 2.57. The number of carbonyl (C=O) groups is 1. The number of hydrogen-bond acceptors (Lipinski definition) is 2. The molecule has 2 saturated heterocycles. The zero-order chi connectivity index (χ0) is 20.3. The molecule has 154 valence electrons. The predicted octanol–water partition coefficient (Wildman–Crippen LogP) is 4.34. The minimum absolute atomic E-state index is 0.0258. The number of rotatable bonds is 2. The minimum atomic E-state index is -0.367. The Kier molecular flexibility index (Phi) is 4.77. The van der Waals surface area contributed by atoms with E-state index < -0.39 is 0 Å². The number of benzene rings is 1. The van der Waals surface area contributed by atoms with E-state index in [0.717, 1.165) is 32.2 Å². The van der Waals surface area contributed by atoms with Crippen LogP contribution in [0.15, 0.2) is 24.3 Å². The molecule has 2 amide bonds. The van der Waals surface area contributed by atoms with Gasteiger partial charge in [-0.2, -0.15) is 0 Å². The summed E-state index contributed by atoms with van der Waals surface area (Å²) in [4.78, 5) is 18.0. The highest BCUT2D eigenvalue weighted by molar-refractivity contribution is 5.76. The topological polar surface area (TPSA) is 43.8 Å². The van der Waals surface area contributed by atoms with Gasteiger partial charge in [0.15, 0.2) is 0 Å². The molecule has 0 spiro atoms. The summed E-state index contributed by atoms with van der Waals surface area (Å²) in [5.41, 5.74) is 3.00. The van der Waals surface area contributed by atoms with Crippen LogP contribution in [0.2, 0.25) is 0 Å². The second-order valence-corrected chi connectivity index (χ2v) is 10.2. The number of likely N-dealkylation sites (tertiary alicyclic amines) is 2. The Hall–Kier alpha value is -1.55. The first-order valence-corrected chi connectivity index (χ1v) is 11.0. The summed E-state index contributed by atoms with van der Waals surface area (Å²) >= 11 is 0. The van der Waals surface area contributed by atoms with E-state index in [0.29, 0.717) is 6.42 Å². The van der Waals surface area contributed by atoms with Gasteiger partial charge in [-0.25, -0.2) is 4.79 Å². The van der Waals surface area contributed by atoms with Crippen molar-refractivity contribution in [3.05, 3.63) is 35.4 Å². The van der Waals surface area contributed by atoms with Gasteiger partial charge in [0, 0.05) is 30.1 Å². The van der Waals surface area contributed by atoms with Gasteiger partial charge in [-0.3, -0.25) is 0 Å². The third kappa shape index (κ3) is 2.79. The van der Waals surface area contributed by atoms with Gasteiger partial charge in [-0.1, -0.05) is 45.0 Å². The summed E-state index contributed by atoms with van der Waals surface area (Å²) < 4.78 is 0. The molecule has 2 bridgehead atoms. The first-order valence-electron chi connectivity index (χ1n) is 11.0. The van der Waals surface area contributed by atoms with Crippen LogP contribution in [0.4, 0.5) is 4.79 Å². The molecule has 28 heavy (non-hydrogen) atoms. The van der Waals surface area contributed by atoms with Crippen LogP contribution in [0.3, 0.4) is 0 Å². The quantitative estimate of drug-likeness (QED) is 0.824. The zero-order valence-corrected chi connectivity index (χ0v) is 18.1. The van der Waals surface area contributed by atoms with E-state index in [1.54, 1.807) is 0 Å². The molecular weight excluding hydrogens is 348 g/mol. The number of aliphatic hydroxyl groups excluding tert-OH is 1. The molecule has 0 unspecified atom stereocenters. The highest BCUT2D eigenvalue weighted by atomic mass is 16.3. The van der Waals surface area contributed by atoms with E-state index in [4.69, 9.17) is 0 Å². The summed E-state index contributed by atoms with van der Waals surface area (Å²) in [6.07, 6.45) is 4.29. The molecule has 1 aromatic rings. The number of carbonyl (C=O) groups excluding carboxylic acids is 1. The van der Waals surface area contributed by atoms with Gasteiger partial charge >= 0.3 is 6.03 Å². The van der Waals surface area contributed by atoms with Crippen molar-refractivity contribution < 1.29 is 9.90 Å². The average Bonchev–Trinajstić information content (AvgIpc) is 2.97. The lowest BCUT2D eigenvalue weighted by molar-refractivity contribution is -0.0269. The molecule has 4 rings (SSSR count). The minimum Gasteiger partial charge on any atom is -0.393 e. The molecule has 2 fully saturated rings. The SMILES string of the molecule is C[C@H](O)C[C@H]1CC[C@@H](C)N1C(=O)N1CC[C@@]2(C)c3ccccc3C[C@@H]1C2(C)C. The van der Waals surface area contributed by atoms with Gasteiger partial charge in [-0.15, -0.1) is 0 Å². The molecule has 2 heterocycles. The molecule has 0 radical (unpaired) electrons. The van der Waals surface area contributed by atoms with Gasteiger partial charge in [0.25, 0.3) is 0 Å². The van der Waals surface area contributed by atoms with Crippen molar-refractivity contribution in [2.45, 2.75) is 96.4 Å². The van der Waals surface area contributed by atoms with Crippen molar-refractivity contribution >= 4 is 6.03 Å². The Morgan fingerprint density at radius 2 is 1.96 bits per heavy atom. The number of piperidine rings is 1. The molecule has 4 heteroatoms. The van der Waals surface area contributed by atoms with Crippen molar-refractivity contribution in [2.24, 2.45) is 5.41 Å². The second kappa shape index (κ2) is 6.76. The number of aliphatic hydroxyl groups is 1.